The van der Waals surface area contributed by atoms with Crippen molar-refractivity contribution >= 4 is 22.8 Å². The Morgan fingerprint density at radius 1 is 1.00 bits per heavy atom. The molecule has 0 radical (unpaired) electrons. The minimum atomic E-state index is -0.576. The van der Waals surface area contributed by atoms with Crippen LogP contribution >= 0.6 is 0 Å². The standard InChI is InChI=1S/C20H20N2O5/c1-25-17-8-7-13(9-18(17)26-2)11-21-19(23)12-27-20(24)16-10-14-5-3-4-6-15(14)22-16/h3-10,22H,11-12H2,1-2H3,(H,21,23). The molecule has 0 unspecified atom stereocenters. The predicted molar refractivity (Wildman–Crippen MR) is 100.0 cm³/mol. The monoisotopic (exact) mass is 368 g/mol. The van der Waals surface area contributed by atoms with E-state index in [4.69, 9.17) is 14.2 Å². The van der Waals surface area contributed by atoms with Crippen molar-refractivity contribution < 1.29 is 23.8 Å². The first-order chi connectivity index (χ1) is 13.1. The minimum absolute atomic E-state index is 0.281. The zero-order chi connectivity index (χ0) is 19.2. The summed E-state index contributed by atoms with van der Waals surface area (Å²) in [6.45, 7) is -0.0788. The first kappa shape index (κ1) is 18.3. The van der Waals surface area contributed by atoms with E-state index in [2.05, 4.69) is 10.3 Å². The molecular formula is C20H20N2O5. The van der Waals surface area contributed by atoms with E-state index in [0.29, 0.717) is 17.2 Å². The van der Waals surface area contributed by atoms with E-state index in [9.17, 15) is 9.59 Å². The molecule has 0 bridgehead atoms. The molecule has 2 N–H and O–H groups in total. The number of para-hydroxylation sites is 1. The summed E-state index contributed by atoms with van der Waals surface area (Å²) in [5, 5.41) is 3.60. The summed E-state index contributed by atoms with van der Waals surface area (Å²) in [5.41, 5.74) is 1.98. The Labute approximate surface area is 156 Å². The van der Waals surface area contributed by atoms with Crippen LogP contribution in [0.1, 0.15) is 16.1 Å². The highest BCUT2D eigenvalue weighted by molar-refractivity contribution is 5.95. The molecule has 0 fully saturated rings. The van der Waals surface area contributed by atoms with E-state index in [0.717, 1.165) is 16.5 Å². The number of carbonyl (C=O) groups excluding carboxylic acids is 2. The molecule has 7 heteroatoms. The summed E-state index contributed by atoms with van der Waals surface area (Å²) in [4.78, 5) is 27.0. The van der Waals surface area contributed by atoms with Crippen LogP contribution in [0.4, 0.5) is 0 Å². The van der Waals surface area contributed by atoms with Gasteiger partial charge in [-0.15, -0.1) is 0 Å². The second kappa shape index (κ2) is 8.27. The average molecular weight is 368 g/mol. The number of aromatic amines is 1. The first-order valence-corrected chi connectivity index (χ1v) is 8.33. The van der Waals surface area contributed by atoms with Gasteiger partial charge in [0.25, 0.3) is 5.91 Å². The van der Waals surface area contributed by atoms with Crippen LogP contribution in [0.3, 0.4) is 0 Å². The van der Waals surface area contributed by atoms with Crippen LogP contribution in [-0.2, 0) is 16.1 Å². The molecule has 0 spiro atoms. The van der Waals surface area contributed by atoms with Crippen LogP contribution in [0.25, 0.3) is 10.9 Å². The van der Waals surface area contributed by atoms with E-state index in [1.807, 2.05) is 30.3 Å². The molecule has 140 valence electrons. The number of ether oxygens (including phenoxy) is 3. The molecule has 2 aromatic carbocycles. The van der Waals surface area contributed by atoms with Crippen LogP contribution < -0.4 is 14.8 Å². The average Bonchev–Trinajstić information content (AvgIpc) is 3.14. The molecule has 0 saturated heterocycles. The maximum atomic E-state index is 12.1. The fraction of sp³-hybridized carbons (Fsp3) is 0.200. The number of fused-ring (bicyclic) bond motifs is 1. The summed E-state index contributed by atoms with van der Waals surface area (Å²) in [6, 6.07) is 14.5. The number of H-pyrrole nitrogens is 1. The third-order valence-electron chi connectivity index (χ3n) is 4.02. The SMILES string of the molecule is COc1ccc(CNC(=O)COC(=O)c2cc3ccccc3[nH]2)cc1OC. The summed E-state index contributed by atoms with van der Waals surface area (Å²) in [6.07, 6.45) is 0. The van der Waals surface area contributed by atoms with Crippen molar-refractivity contribution in [1.29, 1.82) is 0 Å². The van der Waals surface area contributed by atoms with Crippen LogP contribution in [0, 0.1) is 0 Å². The molecule has 0 aliphatic heterocycles. The van der Waals surface area contributed by atoms with E-state index in [-0.39, 0.29) is 13.2 Å². The minimum Gasteiger partial charge on any atom is -0.493 e. The lowest BCUT2D eigenvalue weighted by molar-refractivity contribution is -0.124. The van der Waals surface area contributed by atoms with E-state index in [1.165, 1.54) is 0 Å². The van der Waals surface area contributed by atoms with Crippen molar-refractivity contribution in [1.82, 2.24) is 10.3 Å². The van der Waals surface area contributed by atoms with E-state index in [1.54, 1.807) is 32.4 Å². The smallest absolute Gasteiger partial charge is 0.355 e. The molecule has 3 aromatic rings. The Morgan fingerprint density at radius 3 is 2.52 bits per heavy atom. The molecule has 1 aromatic heterocycles. The highest BCUT2D eigenvalue weighted by Gasteiger charge is 2.13. The van der Waals surface area contributed by atoms with Crippen molar-refractivity contribution in [2.24, 2.45) is 0 Å². The zero-order valence-corrected chi connectivity index (χ0v) is 15.1. The van der Waals surface area contributed by atoms with Crippen LogP contribution in [0.15, 0.2) is 48.5 Å². The Kier molecular flexibility index (Phi) is 5.61. The Hall–Kier alpha value is -3.48. The van der Waals surface area contributed by atoms with Gasteiger partial charge in [0.05, 0.1) is 14.2 Å². The molecule has 27 heavy (non-hydrogen) atoms. The third-order valence-corrected chi connectivity index (χ3v) is 4.02. The Balaban J connectivity index is 1.51. The molecule has 0 aliphatic rings. The van der Waals surface area contributed by atoms with Gasteiger partial charge in [-0.2, -0.15) is 0 Å². The highest BCUT2D eigenvalue weighted by Crippen LogP contribution is 2.27. The van der Waals surface area contributed by atoms with Crippen molar-refractivity contribution in [3.8, 4) is 11.5 Å². The predicted octanol–water partition coefficient (Wildman–Crippen LogP) is 2.66. The fourth-order valence-electron chi connectivity index (χ4n) is 2.63. The molecule has 1 amide bonds. The Bertz CT molecular complexity index is 931. The maximum Gasteiger partial charge on any atom is 0.355 e. The lowest BCUT2D eigenvalue weighted by atomic mass is 10.2. The Morgan fingerprint density at radius 2 is 1.78 bits per heavy atom. The number of hydrogen-bond donors (Lipinski definition) is 2. The van der Waals surface area contributed by atoms with Gasteiger partial charge < -0.3 is 24.5 Å². The second-order valence-electron chi connectivity index (χ2n) is 5.81. The zero-order valence-electron chi connectivity index (χ0n) is 15.1. The summed E-state index contributed by atoms with van der Waals surface area (Å²) in [7, 11) is 3.10. The van der Waals surface area contributed by atoms with Crippen LogP contribution in [0.5, 0.6) is 11.5 Å². The lowest BCUT2D eigenvalue weighted by Crippen LogP contribution is -2.28. The summed E-state index contributed by atoms with van der Waals surface area (Å²) >= 11 is 0. The van der Waals surface area contributed by atoms with E-state index >= 15 is 0 Å². The van der Waals surface area contributed by atoms with Crippen LogP contribution in [-0.4, -0.2) is 37.7 Å². The molecule has 3 rings (SSSR count). The van der Waals surface area contributed by atoms with Gasteiger partial charge in [0.1, 0.15) is 5.69 Å². The van der Waals surface area contributed by atoms with Crippen molar-refractivity contribution in [2.45, 2.75) is 6.54 Å². The normalized spacial score (nSPS) is 10.4. The van der Waals surface area contributed by atoms with E-state index < -0.39 is 11.9 Å². The number of amides is 1. The number of carbonyl (C=O) groups is 2. The number of methoxy groups -OCH3 is 2. The van der Waals surface area contributed by atoms with Gasteiger partial charge >= 0.3 is 5.97 Å². The molecule has 1 heterocycles. The fourth-order valence-corrected chi connectivity index (χ4v) is 2.63. The molecule has 0 saturated carbocycles. The number of rotatable bonds is 7. The van der Waals surface area contributed by atoms with Crippen molar-refractivity contribution in [3.05, 3.63) is 59.8 Å². The van der Waals surface area contributed by atoms with Gasteiger partial charge in [-0.3, -0.25) is 4.79 Å². The van der Waals surface area contributed by atoms with Gasteiger partial charge in [0.15, 0.2) is 18.1 Å². The van der Waals surface area contributed by atoms with Crippen LogP contribution in [0.2, 0.25) is 0 Å². The molecule has 0 aliphatic carbocycles. The number of esters is 1. The van der Waals surface area contributed by atoms with Gasteiger partial charge in [0, 0.05) is 17.4 Å². The van der Waals surface area contributed by atoms with Crippen molar-refractivity contribution in [2.75, 3.05) is 20.8 Å². The van der Waals surface area contributed by atoms with Gasteiger partial charge in [0.2, 0.25) is 0 Å². The first-order valence-electron chi connectivity index (χ1n) is 8.33. The van der Waals surface area contributed by atoms with Gasteiger partial charge in [-0.1, -0.05) is 24.3 Å². The molecule has 0 atom stereocenters. The summed E-state index contributed by atoms with van der Waals surface area (Å²) < 4.78 is 15.5. The maximum absolute atomic E-state index is 12.1. The lowest BCUT2D eigenvalue weighted by Gasteiger charge is -2.10. The van der Waals surface area contributed by atoms with Gasteiger partial charge in [-0.05, 0) is 29.8 Å². The third kappa shape index (κ3) is 4.38. The number of hydrogen-bond acceptors (Lipinski definition) is 5. The highest BCUT2D eigenvalue weighted by atomic mass is 16.5. The topological polar surface area (TPSA) is 89.6 Å². The summed E-state index contributed by atoms with van der Waals surface area (Å²) in [5.74, 6) is 0.219. The number of nitrogens with one attached hydrogen (secondary N) is 2. The molecular weight excluding hydrogens is 348 g/mol. The second-order valence-corrected chi connectivity index (χ2v) is 5.81. The van der Waals surface area contributed by atoms with Crippen molar-refractivity contribution in [3.63, 3.8) is 0 Å². The van der Waals surface area contributed by atoms with Gasteiger partial charge in [-0.25, -0.2) is 4.79 Å². The molecule has 7 nitrogen and oxygen atoms in total. The quantitative estimate of drug-likeness (QED) is 0.626. The number of benzene rings is 2. The largest absolute Gasteiger partial charge is 0.493 e. The number of aromatic nitrogens is 1.